The van der Waals surface area contributed by atoms with Gasteiger partial charge in [-0.2, -0.15) is 5.10 Å². The highest BCUT2D eigenvalue weighted by Gasteiger charge is 2.20. The standard InChI is InChI=1S/C28H31FN8/c1-37(2)13-12-31-20-15-18(14-19(29)16-20)21-4-3-5-23-25(21)34-28(33-23)27-26-24(35-36-27)7-6-22(32-26)17-8-10-30-11-9-17/h3-7,14-17,30-31H,8-13H2,1-2H3,(H,33,34)(H,35,36). The normalized spacial score (nSPS) is 14.7. The van der Waals surface area contributed by atoms with E-state index in [0.717, 1.165) is 83.6 Å². The number of hydrogen-bond acceptors (Lipinski definition) is 6. The Hall–Kier alpha value is -3.82. The molecule has 0 atom stereocenters. The second kappa shape index (κ2) is 9.91. The molecule has 2 aromatic carbocycles. The van der Waals surface area contributed by atoms with Crippen LogP contribution in [0, 0.1) is 5.82 Å². The van der Waals surface area contributed by atoms with Gasteiger partial charge in [0.25, 0.3) is 0 Å². The second-order valence-electron chi connectivity index (χ2n) is 9.97. The molecule has 1 aliphatic rings. The van der Waals surface area contributed by atoms with Crippen LogP contribution in [0.5, 0.6) is 0 Å². The monoisotopic (exact) mass is 498 g/mol. The van der Waals surface area contributed by atoms with Gasteiger partial charge < -0.3 is 20.5 Å². The molecule has 1 aliphatic heterocycles. The van der Waals surface area contributed by atoms with Crippen LogP contribution in [0.15, 0.2) is 48.5 Å². The molecule has 6 rings (SSSR count). The number of para-hydroxylation sites is 1. The van der Waals surface area contributed by atoms with Crippen LogP contribution in [-0.4, -0.2) is 70.3 Å². The number of likely N-dealkylation sites (N-methyl/N-ethyl adjacent to an activating group) is 1. The second-order valence-corrected chi connectivity index (χ2v) is 9.97. The molecule has 9 heteroatoms. The summed E-state index contributed by atoms with van der Waals surface area (Å²) in [5.74, 6) is 0.805. The van der Waals surface area contributed by atoms with Crippen LogP contribution in [0.25, 0.3) is 44.7 Å². The third kappa shape index (κ3) is 4.80. The van der Waals surface area contributed by atoms with Crippen molar-refractivity contribution in [3.05, 3.63) is 60.0 Å². The summed E-state index contributed by atoms with van der Waals surface area (Å²) in [6.45, 7) is 3.62. The zero-order valence-corrected chi connectivity index (χ0v) is 21.1. The van der Waals surface area contributed by atoms with Gasteiger partial charge in [-0.15, -0.1) is 0 Å². The molecule has 37 heavy (non-hydrogen) atoms. The molecule has 190 valence electrons. The van der Waals surface area contributed by atoms with Gasteiger partial charge in [0.1, 0.15) is 11.3 Å². The van der Waals surface area contributed by atoms with Crippen molar-refractivity contribution in [3.8, 4) is 22.6 Å². The highest BCUT2D eigenvalue weighted by atomic mass is 19.1. The Morgan fingerprint density at radius 3 is 2.70 bits per heavy atom. The third-order valence-corrected chi connectivity index (χ3v) is 7.02. The first-order valence-electron chi connectivity index (χ1n) is 12.8. The van der Waals surface area contributed by atoms with Gasteiger partial charge >= 0.3 is 0 Å². The third-order valence-electron chi connectivity index (χ3n) is 7.02. The summed E-state index contributed by atoms with van der Waals surface area (Å²) < 4.78 is 14.6. The molecule has 0 amide bonds. The van der Waals surface area contributed by atoms with E-state index in [1.54, 1.807) is 6.07 Å². The summed E-state index contributed by atoms with van der Waals surface area (Å²) in [6.07, 6.45) is 2.17. The molecule has 5 aromatic rings. The maximum atomic E-state index is 14.6. The zero-order valence-electron chi connectivity index (χ0n) is 21.1. The number of rotatable bonds is 7. The number of nitrogens with one attached hydrogen (secondary N) is 4. The van der Waals surface area contributed by atoms with Gasteiger partial charge in [0.2, 0.25) is 0 Å². The van der Waals surface area contributed by atoms with E-state index in [2.05, 4.69) is 42.8 Å². The number of nitrogens with zero attached hydrogens (tertiary/aromatic N) is 4. The smallest absolute Gasteiger partial charge is 0.161 e. The Bertz CT molecular complexity index is 1550. The van der Waals surface area contributed by atoms with E-state index in [1.807, 2.05) is 38.4 Å². The SMILES string of the molecule is CN(C)CCNc1cc(F)cc(-c2cccc3[nH]c(-c4n[nH]c5ccc(C6CCNCC6)nc45)nc23)c1. The molecule has 1 saturated heterocycles. The molecule has 3 aromatic heterocycles. The highest BCUT2D eigenvalue weighted by Crippen LogP contribution is 2.33. The fourth-order valence-corrected chi connectivity index (χ4v) is 5.07. The molecule has 8 nitrogen and oxygen atoms in total. The zero-order chi connectivity index (χ0) is 25.4. The molecule has 4 heterocycles. The molecule has 0 bridgehead atoms. The van der Waals surface area contributed by atoms with Gasteiger partial charge in [-0.25, -0.2) is 14.4 Å². The van der Waals surface area contributed by atoms with Crippen LogP contribution in [0.3, 0.4) is 0 Å². The first kappa shape index (κ1) is 23.6. The average molecular weight is 499 g/mol. The van der Waals surface area contributed by atoms with Crippen molar-refractivity contribution in [2.45, 2.75) is 18.8 Å². The van der Waals surface area contributed by atoms with Crippen LogP contribution in [0.2, 0.25) is 0 Å². The van der Waals surface area contributed by atoms with Crippen molar-refractivity contribution in [3.63, 3.8) is 0 Å². The lowest BCUT2D eigenvalue weighted by Crippen LogP contribution is -2.27. The Kier molecular flexibility index (Phi) is 6.31. The molecule has 0 unspecified atom stereocenters. The Morgan fingerprint density at radius 1 is 1.00 bits per heavy atom. The maximum absolute atomic E-state index is 14.6. The van der Waals surface area contributed by atoms with E-state index in [0.29, 0.717) is 17.4 Å². The number of pyridine rings is 1. The molecule has 0 radical (unpaired) electrons. The quantitative estimate of drug-likeness (QED) is 0.259. The minimum Gasteiger partial charge on any atom is -0.384 e. The average Bonchev–Trinajstić information content (AvgIpc) is 3.52. The van der Waals surface area contributed by atoms with Crippen LogP contribution in [0.1, 0.15) is 24.5 Å². The van der Waals surface area contributed by atoms with E-state index in [1.165, 1.54) is 6.07 Å². The summed E-state index contributed by atoms with van der Waals surface area (Å²) >= 11 is 0. The van der Waals surface area contributed by atoms with Crippen molar-refractivity contribution in [1.82, 2.24) is 35.4 Å². The lowest BCUT2D eigenvalue weighted by Gasteiger charge is -2.22. The topological polar surface area (TPSA) is 97.5 Å². The Labute approximate surface area is 214 Å². The molecule has 0 saturated carbocycles. The lowest BCUT2D eigenvalue weighted by atomic mass is 9.94. The largest absolute Gasteiger partial charge is 0.384 e. The van der Waals surface area contributed by atoms with Crippen molar-refractivity contribution in [2.75, 3.05) is 45.6 Å². The number of anilines is 1. The fourth-order valence-electron chi connectivity index (χ4n) is 5.07. The maximum Gasteiger partial charge on any atom is 0.161 e. The summed E-state index contributed by atoms with van der Waals surface area (Å²) in [7, 11) is 4.03. The van der Waals surface area contributed by atoms with Gasteiger partial charge in [-0.1, -0.05) is 12.1 Å². The molecule has 4 N–H and O–H groups in total. The highest BCUT2D eigenvalue weighted by molar-refractivity contribution is 5.96. The number of aromatic amines is 2. The first-order valence-corrected chi connectivity index (χ1v) is 12.8. The predicted octanol–water partition coefficient (Wildman–Crippen LogP) is 4.75. The van der Waals surface area contributed by atoms with Crippen LogP contribution >= 0.6 is 0 Å². The molecular formula is C28H31FN8. The first-order chi connectivity index (χ1) is 18.0. The molecule has 0 aliphatic carbocycles. The summed E-state index contributed by atoms with van der Waals surface area (Å²) in [5.41, 5.74) is 7.50. The van der Waals surface area contributed by atoms with Crippen molar-refractivity contribution in [2.24, 2.45) is 0 Å². The lowest BCUT2D eigenvalue weighted by molar-refractivity contribution is 0.425. The number of piperidine rings is 1. The van der Waals surface area contributed by atoms with Gasteiger partial charge in [0, 0.05) is 36.0 Å². The number of aromatic nitrogens is 5. The minimum atomic E-state index is -0.287. The Balaban J connectivity index is 1.37. The van der Waals surface area contributed by atoms with E-state index in [9.17, 15) is 4.39 Å². The number of halogens is 1. The molecular weight excluding hydrogens is 467 g/mol. The predicted molar refractivity (Wildman–Crippen MR) is 146 cm³/mol. The van der Waals surface area contributed by atoms with E-state index >= 15 is 0 Å². The van der Waals surface area contributed by atoms with Gasteiger partial charge in [-0.05, 0) is 82.0 Å². The van der Waals surface area contributed by atoms with E-state index in [4.69, 9.17) is 9.97 Å². The van der Waals surface area contributed by atoms with Crippen molar-refractivity contribution >= 4 is 27.8 Å². The van der Waals surface area contributed by atoms with Gasteiger partial charge in [0.05, 0.1) is 16.6 Å². The summed E-state index contributed by atoms with van der Waals surface area (Å²) in [6, 6.07) is 15.1. The number of fused-ring (bicyclic) bond motifs is 2. The number of benzene rings is 2. The van der Waals surface area contributed by atoms with Crippen LogP contribution in [0.4, 0.5) is 10.1 Å². The summed E-state index contributed by atoms with van der Waals surface area (Å²) in [4.78, 5) is 15.4. The molecule has 0 spiro atoms. The van der Waals surface area contributed by atoms with Crippen LogP contribution < -0.4 is 10.6 Å². The molecule has 1 fully saturated rings. The number of hydrogen-bond donors (Lipinski definition) is 4. The summed E-state index contributed by atoms with van der Waals surface area (Å²) in [5, 5.41) is 14.4. The number of H-pyrrole nitrogens is 2. The van der Waals surface area contributed by atoms with E-state index < -0.39 is 0 Å². The van der Waals surface area contributed by atoms with Crippen LogP contribution in [-0.2, 0) is 0 Å². The Morgan fingerprint density at radius 2 is 1.86 bits per heavy atom. The fraction of sp³-hybridized carbons (Fsp3) is 0.321. The van der Waals surface area contributed by atoms with E-state index in [-0.39, 0.29) is 5.82 Å². The van der Waals surface area contributed by atoms with Gasteiger partial charge in [0.15, 0.2) is 11.5 Å². The van der Waals surface area contributed by atoms with Crippen molar-refractivity contribution in [1.29, 1.82) is 0 Å². The minimum absolute atomic E-state index is 0.287. The number of imidazole rings is 1. The van der Waals surface area contributed by atoms with Crippen molar-refractivity contribution < 1.29 is 4.39 Å². The van der Waals surface area contributed by atoms with Gasteiger partial charge in [-0.3, -0.25) is 5.10 Å².